The van der Waals surface area contributed by atoms with Crippen molar-refractivity contribution in [2.45, 2.75) is 31.6 Å². The lowest BCUT2D eigenvalue weighted by atomic mass is 9.74. The standard InChI is InChI=1S/C57H43N/c1-56(2)49-27-13-10-25-48(49)55-47(26-17-29-51(55)56)46-24-12-16-31-54(46)58(42-34-32-38-18-7-8-19-39(38)36-42)53-30-15-11-22-43(53)40-33-35-45-44-23-9-14-28-50(44)57(3,52(45)37-40)41-20-5-4-6-21-41/h4-37H,1-3H3. The van der Waals surface area contributed by atoms with E-state index < -0.39 is 0 Å². The van der Waals surface area contributed by atoms with Gasteiger partial charge in [0, 0.05) is 27.6 Å². The van der Waals surface area contributed by atoms with E-state index in [9.17, 15) is 0 Å². The molecule has 1 atom stereocenters. The van der Waals surface area contributed by atoms with Crippen LogP contribution in [0.1, 0.15) is 48.6 Å². The quantitative estimate of drug-likeness (QED) is 0.164. The zero-order chi connectivity index (χ0) is 39.0. The fourth-order valence-corrected chi connectivity index (χ4v) is 10.3. The van der Waals surface area contributed by atoms with Gasteiger partial charge in [-0.3, -0.25) is 0 Å². The first-order chi connectivity index (χ1) is 28.4. The fourth-order valence-electron chi connectivity index (χ4n) is 10.3. The number of benzene rings is 9. The summed E-state index contributed by atoms with van der Waals surface area (Å²) in [5.74, 6) is 0. The Bertz CT molecular complexity index is 3060. The lowest BCUT2D eigenvalue weighted by molar-refractivity contribution is 0.660. The van der Waals surface area contributed by atoms with E-state index in [2.05, 4.69) is 232 Å². The number of anilines is 3. The molecule has 0 amide bonds. The molecule has 58 heavy (non-hydrogen) atoms. The molecular weight excluding hydrogens is 699 g/mol. The molecule has 0 saturated heterocycles. The van der Waals surface area contributed by atoms with Crippen molar-refractivity contribution >= 4 is 27.8 Å². The zero-order valence-electron chi connectivity index (χ0n) is 33.1. The van der Waals surface area contributed by atoms with Gasteiger partial charge < -0.3 is 4.90 Å². The summed E-state index contributed by atoms with van der Waals surface area (Å²) in [5, 5.41) is 2.44. The van der Waals surface area contributed by atoms with Gasteiger partial charge in [0.1, 0.15) is 0 Å². The molecular formula is C57H43N. The first-order valence-electron chi connectivity index (χ1n) is 20.4. The summed E-state index contributed by atoms with van der Waals surface area (Å²) in [6.45, 7) is 7.13. The molecule has 0 fully saturated rings. The third-order valence-electron chi connectivity index (χ3n) is 13.2. The average Bonchev–Trinajstić information content (AvgIpc) is 3.68. The normalized spacial score (nSPS) is 15.7. The molecule has 0 saturated carbocycles. The van der Waals surface area contributed by atoms with E-state index in [0.29, 0.717) is 0 Å². The summed E-state index contributed by atoms with van der Waals surface area (Å²) in [7, 11) is 0. The van der Waals surface area contributed by atoms with Crippen molar-refractivity contribution in [1.82, 2.24) is 0 Å². The van der Waals surface area contributed by atoms with E-state index in [1.54, 1.807) is 0 Å². The number of hydrogen-bond donors (Lipinski definition) is 0. The highest BCUT2D eigenvalue weighted by atomic mass is 15.1. The Kier molecular flexibility index (Phi) is 7.72. The van der Waals surface area contributed by atoms with E-state index in [1.165, 1.54) is 83.1 Å². The van der Waals surface area contributed by atoms with E-state index in [1.807, 2.05) is 0 Å². The molecule has 2 aliphatic carbocycles. The van der Waals surface area contributed by atoms with Crippen LogP contribution in [0.15, 0.2) is 206 Å². The van der Waals surface area contributed by atoms with Gasteiger partial charge in [-0.1, -0.05) is 190 Å². The molecule has 0 heterocycles. The summed E-state index contributed by atoms with van der Waals surface area (Å²) in [6.07, 6.45) is 0. The van der Waals surface area contributed by atoms with Crippen molar-refractivity contribution < 1.29 is 0 Å². The molecule has 0 bridgehead atoms. The smallest absolute Gasteiger partial charge is 0.0540 e. The predicted octanol–water partition coefficient (Wildman–Crippen LogP) is 15.3. The average molecular weight is 742 g/mol. The van der Waals surface area contributed by atoms with Crippen molar-refractivity contribution in [2.24, 2.45) is 0 Å². The van der Waals surface area contributed by atoms with E-state index in [4.69, 9.17) is 0 Å². The number of nitrogens with zero attached hydrogens (tertiary/aromatic N) is 1. The largest absolute Gasteiger partial charge is 0.309 e. The lowest BCUT2D eigenvalue weighted by Gasteiger charge is -2.31. The molecule has 0 aliphatic heterocycles. The Labute approximate surface area is 341 Å². The van der Waals surface area contributed by atoms with Crippen LogP contribution in [0, 0.1) is 0 Å². The summed E-state index contributed by atoms with van der Waals surface area (Å²) < 4.78 is 0. The van der Waals surface area contributed by atoms with Gasteiger partial charge in [-0.05, 0) is 109 Å². The molecule has 2 aliphatic rings. The van der Waals surface area contributed by atoms with Gasteiger partial charge in [0.25, 0.3) is 0 Å². The first kappa shape index (κ1) is 34.3. The van der Waals surface area contributed by atoms with E-state index in [0.717, 1.165) is 17.1 Å². The first-order valence-corrected chi connectivity index (χ1v) is 20.4. The van der Waals surface area contributed by atoms with Crippen molar-refractivity contribution in [1.29, 1.82) is 0 Å². The second-order valence-electron chi connectivity index (χ2n) is 16.6. The monoisotopic (exact) mass is 741 g/mol. The Morgan fingerprint density at radius 2 is 0.914 bits per heavy atom. The maximum absolute atomic E-state index is 2.50. The molecule has 1 heteroatoms. The van der Waals surface area contributed by atoms with Gasteiger partial charge in [0.05, 0.1) is 11.4 Å². The van der Waals surface area contributed by atoms with Gasteiger partial charge in [0.15, 0.2) is 0 Å². The SMILES string of the molecule is CC1(C)c2ccccc2-c2c(-c3ccccc3N(c3ccc4ccccc4c3)c3ccccc3-c3ccc4c(c3)C(C)(c3ccccc3)c3ccccc3-4)cccc21. The molecule has 1 unspecified atom stereocenters. The minimum absolute atomic E-state index is 0.0943. The van der Waals surface area contributed by atoms with Crippen LogP contribution in [-0.4, -0.2) is 0 Å². The molecule has 0 spiro atoms. The highest BCUT2D eigenvalue weighted by molar-refractivity contribution is 6.01. The zero-order valence-corrected chi connectivity index (χ0v) is 33.1. The molecule has 0 aromatic heterocycles. The maximum Gasteiger partial charge on any atom is 0.0540 e. The van der Waals surface area contributed by atoms with Gasteiger partial charge in [-0.2, -0.15) is 0 Å². The van der Waals surface area contributed by atoms with Crippen LogP contribution in [0.4, 0.5) is 17.1 Å². The van der Waals surface area contributed by atoms with Gasteiger partial charge in [0.2, 0.25) is 0 Å². The second kappa shape index (κ2) is 13.0. The molecule has 11 rings (SSSR count). The molecule has 9 aromatic rings. The number of fused-ring (bicyclic) bond motifs is 7. The number of para-hydroxylation sites is 2. The highest BCUT2D eigenvalue weighted by Crippen LogP contribution is 2.56. The van der Waals surface area contributed by atoms with Crippen molar-refractivity contribution in [3.8, 4) is 44.5 Å². The number of hydrogen-bond acceptors (Lipinski definition) is 1. The molecule has 1 nitrogen and oxygen atoms in total. The van der Waals surface area contributed by atoms with Gasteiger partial charge >= 0.3 is 0 Å². The Hall–Kier alpha value is -6.96. The van der Waals surface area contributed by atoms with Crippen molar-refractivity contribution in [2.75, 3.05) is 4.90 Å². The van der Waals surface area contributed by atoms with Crippen LogP contribution in [0.5, 0.6) is 0 Å². The van der Waals surface area contributed by atoms with Crippen LogP contribution in [0.3, 0.4) is 0 Å². The summed E-state index contributed by atoms with van der Waals surface area (Å²) in [4.78, 5) is 2.50. The van der Waals surface area contributed by atoms with Crippen LogP contribution >= 0.6 is 0 Å². The molecule has 276 valence electrons. The van der Waals surface area contributed by atoms with Crippen molar-refractivity contribution in [3.63, 3.8) is 0 Å². The summed E-state index contributed by atoms with van der Waals surface area (Å²) in [5.41, 5.74) is 19.9. The van der Waals surface area contributed by atoms with E-state index in [-0.39, 0.29) is 10.8 Å². The van der Waals surface area contributed by atoms with E-state index >= 15 is 0 Å². The fraction of sp³-hybridized carbons (Fsp3) is 0.0877. The third kappa shape index (κ3) is 5.03. The number of rotatable bonds is 6. The topological polar surface area (TPSA) is 3.24 Å². The van der Waals surface area contributed by atoms with Crippen LogP contribution in [0.25, 0.3) is 55.3 Å². The van der Waals surface area contributed by atoms with Crippen molar-refractivity contribution in [3.05, 3.63) is 234 Å². The molecule has 0 radical (unpaired) electrons. The Morgan fingerprint density at radius 1 is 0.345 bits per heavy atom. The van der Waals surface area contributed by atoms with Crippen LogP contribution in [0.2, 0.25) is 0 Å². The summed E-state index contributed by atoms with van der Waals surface area (Å²) in [6, 6.07) is 76.5. The maximum atomic E-state index is 2.50. The van der Waals surface area contributed by atoms with Crippen LogP contribution in [-0.2, 0) is 10.8 Å². The van der Waals surface area contributed by atoms with Gasteiger partial charge in [-0.15, -0.1) is 0 Å². The minimum atomic E-state index is -0.291. The second-order valence-corrected chi connectivity index (χ2v) is 16.6. The van der Waals surface area contributed by atoms with Crippen LogP contribution < -0.4 is 4.90 Å². The Morgan fingerprint density at radius 3 is 1.71 bits per heavy atom. The minimum Gasteiger partial charge on any atom is -0.309 e. The predicted molar refractivity (Wildman–Crippen MR) is 245 cm³/mol. The highest BCUT2D eigenvalue weighted by Gasteiger charge is 2.41. The molecule has 9 aromatic carbocycles. The van der Waals surface area contributed by atoms with Gasteiger partial charge in [-0.25, -0.2) is 0 Å². The summed E-state index contributed by atoms with van der Waals surface area (Å²) >= 11 is 0. The third-order valence-corrected chi connectivity index (χ3v) is 13.2. The Balaban J connectivity index is 1.15. The molecule has 0 N–H and O–H groups in total. The lowest BCUT2D eigenvalue weighted by Crippen LogP contribution is -2.22.